The average Bonchev–Trinajstić information content (AvgIpc) is 2.95. The lowest BCUT2D eigenvalue weighted by Crippen LogP contribution is -2.34. The second kappa shape index (κ2) is 5.89. The van der Waals surface area contributed by atoms with E-state index < -0.39 is 12.2 Å². The van der Waals surface area contributed by atoms with Gasteiger partial charge in [0.15, 0.2) is 5.79 Å². The van der Waals surface area contributed by atoms with Gasteiger partial charge in [-0.25, -0.2) is 8.78 Å². The summed E-state index contributed by atoms with van der Waals surface area (Å²) in [6.45, 7) is 1.33. The third-order valence-corrected chi connectivity index (χ3v) is 4.51. The Labute approximate surface area is 123 Å². The lowest BCUT2D eigenvalue weighted by molar-refractivity contribution is -0.178. The molecule has 5 heteroatoms. The van der Waals surface area contributed by atoms with Gasteiger partial charge in [-0.15, -0.1) is 0 Å². The molecule has 1 heterocycles. The molecule has 116 valence electrons. The van der Waals surface area contributed by atoms with Crippen LogP contribution in [0.15, 0.2) is 18.2 Å². The van der Waals surface area contributed by atoms with Crippen molar-refractivity contribution in [3.63, 3.8) is 0 Å². The molecule has 1 aromatic carbocycles. The van der Waals surface area contributed by atoms with Crippen molar-refractivity contribution in [3.8, 4) is 5.75 Å². The van der Waals surface area contributed by atoms with Gasteiger partial charge in [-0.2, -0.15) is 0 Å². The Kier molecular flexibility index (Phi) is 4.13. The molecule has 0 aromatic heterocycles. The predicted molar refractivity (Wildman–Crippen MR) is 73.8 cm³/mol. The number of methoxy groups -OCH3 is 1. The second-order valence-corrected chi connectivity index (χ2v) is 5.68. The number of ether oxygens (including phenoxy) is 3. The molecule has 1 saturated carbocycles. The molecule has 1 aromatic rings. The molecule has 1 spiro atoms. The Morgan fingerprint density at radius 2 is 1.86 bits per heavy atom. The van der Waals surface area contributed by atoms with Gasteiger partial charge in [0, 0.05) is 18.4 Å². The van der Waals surface area contributed by atoms with E-state index in [0.717, 1.165) is 31.2 Å². The normalized spacial score (nSPS) is 22.1. The average molecular weight is 298 g/mol. The van der Waals surface area contributed by atoms with Gasteiger partial charge in [0.25, 0.3) is 6.43 Å². The molecule has 0 unspecified atom stereocenters. The highest BCUT2D eigenvalue weighted by Gasteiger charge is 2.41. The first-order valence-corrected chi connectivity index (χ1v) is 7.37. The van der Waals surface area contributed by atoms with Crippen molar-refractivity contribution >= 4 is 0 Å². The summed E-state index contributed by atoms with van der Waals surface area (Å²) in [5.74, 6) is 0.472. The van der Waals surface area contributed by atoms with Crippen LogP contribution in [-0.4, -0.2) is 26.1 Å². The zero-order valence-corrected chi connectivity index (χ0v) is 12.1. The summed E-state index contributed by atoms with van der Waals surface area (Å²) in [7, 11) is 1.53. The number of hydrogen-bond donors (Lipinski definition) is 0. The fraction of sp³-hybridized carbons (Fsp3) is 0.625. The largest absolute Gasteiger partial charge is 0.496 e. The Morgan fingerprint density at radius 3 is 2.43 bits per heavy atom. The minimum atomic E-state index is -2.47. The van der Waals surface area contributed by atoms with Crippen LogP contribution in [0.1, 0.15) is 49.2 Å². The van der Waals surface area contributed by atoms with Gasteiger partial charge in [-0.3, -0.25) is 0 Å². The van der Waals surface area contributed by atoms with Gasteiger partial charge in [-0.1, -0.05) is 12.1 Å². The molecule has 3 rings (SSSR count). The molecule has 3 nitrogen and oxygen atoms in total. The molecule has 0 radical (unpaired) electrons. The van der Waals surface area contributed by atoms with Gasteiger partial charge in [0.05, 0.1) is 20.3 Å². The van der Waals surface area contributed by atoms with Crippen molar-refractivity contribution in [1.82, 2.24) is 0 Å². The van der Waals surface area contributed by atoms with Crippen LogP contribution < -0.4 is 4.74 Å². The Balaban J connectivity index is 1.75. The first-order valence-electron chi connectivity index (χ1n) is 7.37. The minimum absolute atomic E-state index is 0.00494. The Bertz CT molecular complexity index is 488. The molecule has 0 N–H and O–H groups in total. The lowest BCUT2D eigenvalue weighted by Gasteiger charge is -2.35. The standard InChI is InChI=1S/C16H20F2O3/c1-19-14-10-12(15(17)18)2-3-13(14)11-4-6-16(7-5-11)20-8-9-21-16/h2-3,10-11,15H,4-9H2,1H3. The van der Waals surface area contributed by atoms with Crippen molar-refractivity contribution in [1.29, 1.82) is 0 Å². The summed E-state index contributed by atoms with van der Waals surface area (Å²) in [5, 5.41) is 0. The van der Waals surface area contributed by atoms with Crippen LogP contribution in [0.5, 0.6) is 5.75 Å². The van der Waals surface area contributed by atoms with E-state index in [9.17, 15) is 8.78 Å². The summed E-state index contributed by atoms with van der Waals surface area (Å²) in [6.07, 6.45) is 1.06. The van der Waals surface area contributed by atoms with E-state index in [1.54, 1.807) is 6.07 Å². The van der Waals surface area contributed by atoms with Crippen LogP contribution in [0.4, 0.5) is 8.78 Å². The van der Waals surface area contributed by atoms with E-state index in [-0.39, 0.29) is 5.56 Å². The summed E-state index contributed by atoms with van der Waals surface area (Å²) < 4.78 is 42.3. The maximum Gasteiger partial charge on any atom is 0.263 e. The molecule has 21 heavy (non-hydrogen) atoms. The molecular formula is C16H20F2O3. The molecule has 1 saturated heterocycles. The molecule has 1 aliphatic carbocycles. The zero-order valence-electron chi connectivity index (χ0n) is 12.1. The van der Waals surface area contributed by atoms with Crippen molar-refractivity contribution in [2.75, 3.05) is 20.3 Å². The third-order valence-electron chi connectivity index (χ3n) is 4.51. The maximum absolute atomic E-state index is 12.8. The van der Waals surface area contributed by atoms with Crippen molar-refractivity contribution in [2.45, 2.75) is 43.8 Å². The highest BCUT2D eigenvalue weighted by atomic mass is 19.3. The van der Waals surface area contributed by atoms with Gasteiger partial charge in [0.1, 0.15) is 5.75 Å². The molecule has 0 bridgehead atoms. The number of halogens is 2. The van der Waals surface area contributed by atoms with Crippen molar-refractivity contribution in [3.05, 3.63) is 29.3 Å². The van der Waals surface area contributed by atoms with Gasteiger partial charge in [0.2, 0.25) is 0 Å². The van der Waals surface area contributed by atoms with E-state index in [4.69, 9.17) is 14.2 Å². The van der Waals surface area contributed by atoms with Crippen molar-refractivity contribution < 1.29 is 23.0 Å². The van der Waals surface area contributed by atoms with E-state index in [1.807, 2.05) is 0 Å². The molecule has 0 amide bonds. The van der Waals surface area contributed by atoms with E-state index in [0.29, 0.717) is 24.9 Å². The number of hydrogen-bond acceptors (Lipinski definition) is 3. The van der Waals surface area contributed by atoms with E-state index >= 15 is 0 Å². The zero-order chi connectivity index (χ0) is 14.9. The summed E-state index contributed by atoms with van der Waals surface area (Å²) in [5.41, 5.74) is 1.01. The predicted octanol–water partition coefficient (Wildman–Crippen LogP) is 4.03. The van der Waals surface area contributed by atoms with Crippen LogP contribution in [-0.2, 0) is 9.47 Å². The fourth-order valence-electron chi connectivity index (χ4n) is 3.36. The SMILES string of the molecule is COc1cc(C(F)F)ccc1C1CCC2(CC1)OCCO2. The topological polar surface area (TPSA) is 27.7 Å². The van der Waals surface area contributed by atoms with Gasteiger partial charge >= 0.3 is 0 Å². The molecule has 1 aliphatic heterocycles. The van der Waals surface area contributed by atoms with Crippen LogP contribution in [0.3, 0.4) is 0 Å². The van der Waals surface area contributed by atoms with Crippen LogP contribution in [0.25, 0.3) is 0 Å². The highest BCUT2D eigenvalue weighted by molar-refractivity contribution is 5.40. The second-order valence-electron chi connectivity index (χ2n) is 5.68. The van der Waals surface area contributed by atoms with Gasteiger partial charge in [-0.05, 0) is 30.4 Å². The van der Waals surface area contributed by atoms with Crippen LogP contribution in [0, 0.1) is 0 Å². The molecule has 2 fully saturated rings. The highest BCUT2D eigenvalue weighted by Crippen LogP contribution is 2.44. The molecular weight excluding hydrogens is 278 g/mol. The molecule has 0 atom stereocenters. The third kappa shape index (κ3) is 2.90. The van der Waals surface area contributed by atoms with Crippen molar-refractivity contribution in [2.24, 2.45) is 0 Å². The quantitative estimate of drug-likeness (QED) is 0.843. The monoisotopic (exact) mass is 298 g/mol. The van der Waals surface area contributed by atoms with Gasteiger partial charge < -0.3 is 14.2 Å². The summed E-state index contributed by atoms with van der Waals surface area (Å²) in [4.78, 5) is 0. The Morgan fingerprint density at radius 1 is 1.19 bits per heavy atom. The first kappa shape index (κ1) is 14.7. The van der Waals surface area contributed by atoms with Crippen LogP contribution in [0.2, 0.25) is 0 Å². The maximum atomic E-state index is 12.8. The van der Waals surface area contributed by atoms with E-state index in [1.165, 1.54) is 19.2 Å². The summed E-state index contributed by atoms with van der Waals surface area (Å²) in [6, 6.07) is 4.72. The Hall–Kier alpha value is -1.20. The number of alkyl halides is 2. The van der Waals surface area contributed by atoms with E-state index in [2.05, 4.69) is 0 Å². The molecule has 2 aliphatic rings. The summed E-state index contributed by atoms with van der Waals surface area (Å²) >= 11 is 0. The number of rotatable bonds is 3. The minimum Gasteiger partial charge on any atom is -0.496 e. The number of benzene rings is 1. The fourth-order valence-corrected chi connectivity index (χ4v) is 3.36. The van der Waals surface area contributed by atoms with Crippen LogP contribution >= 0.6 is 0 Å². The smallest absolute Gasteiger partial charge is 0.263 e. The first-order chi connectivity index (χ1) is 10.1. The lowest BCUT2D eigenvalue weighted by atomic mass is 9.80.